The van der Waals surface area contributed by atoms with Gasteiger partial charge in [0.25, 0.3) is 5.69 Å². The van der Waals surface area contributed by atoms with Crippen molar-refractivity contribution < 1.29 is 24.0 Å². The van der Waals surface area contributed by atoms with E-state index in [1.165, 1.54) is 18.2 Å². The highest BCUT2D eigenvalue weighted by Gasteiger charge is 2.19. The van der Waals surface area contributed by atoms with Gasteiger partial charge in [-0.15, -0.1) is 0 Å². The number of esters is 2. The Kier molecular flexibility index (Phi) is 8.78. The Hall–Kier alpha value is -2.15. The van der Waals surface area contributed by atoms with E-state index in [1.807, 2.05) is 6.92 Å². The first kappa shape index (κ1) is 19.9. The van der Waals surface area contributed by atoms with Crippen molar-refractivity contribution in [3.63, 3.8) is 0 Å². The Morgan fingerprint density at radius 3 is 2.46 bits per heavy atom. The summed E-state index contributed by atoms with van der Waals surface area (Å²) >= 11 is 5.77. The number of nitro groups is 1. The average molecular weight is 358 g/mol. The normalized spacial score (nSPS) is 10.2. The summed E-state index contributed by atoms with van der Waals surface area (Å²) in [7, 11) is 0. The molecule has 1 aromatic rings. The van der Waals surface area contributed by atoms with E-state index in [0.717, 1.165) is 19.3 Å². The number of ether oxygens (including phenoxy) is 2. The first-order chi connectivity index (χ1) is 11.5. The smallest absolute Gasteiger partial charge is 0.306 e. The quantitative estimate of drug-likeness (QED) is 0.273. The molecule has 24 heavy (non-hydrogen) atoms. The Balaban J connectivity index is 2.38. The molecule has 1 rings (SSSR count). The van der Waals surface area contributed by atoms with Gasteiger partial charge in [-0.2, -0.15) is 0 Å². The largest absolute Gasteiger partial charge is 0.466 e. The van der Waals surface area contributed by atoms with Crippen molar-refractivity contribution in [2.24, 2.45) is 0 Å². The van der Waals surface area contributed by atoms with E-state index < -0.39 is 16.9 Å². The van der Waals surface area contributed by atoms with Crippen LogP contribution in [0.2, 0.25) is 5.02 Å². The number of halogens is 1. The molecule has 0 aromatic heterocycles. The molecular formula is C16H20ClNO6. The molecule has 0 aliphatic carbocycles. The summed E-state index contributed by atoms with van der Waals surface area (Å²) in [4.78, 5) is 33.4. The van der Waals surface area contributed by atoms with Crippen molar-refractivity contribution in [2.45, 2.75) is 45.6 Å². The minimum absolute atomic E-state index is 0.0239. The van der Waals surface area contributed by atoms with E-state index in [9.17, 15) is 19.7 Å². The van der Waals surface area contributed by atoms with Gasteiger partial charge in [-0.25, -0.2) is 0 Å². The number of para-hydroxylation sites is 1. The van der Waals surface area contributed by atoms with Crippen LogP contribution in [0.5, 0.6) is 0 Å². The molecular weight excluding hydrogens is 338 g/mol. The third-order valence-electron chi connectivity index (χ3n) is 3.19. The predicted octanol–water partition coefficient (Wildman–Crippen LogP) is 3.81. The second kappa shape index (κ2) is 10.6. The SMILES string of the molecule is CCCCCOC(=O)CCC(=O)OCc1cccc(Cl)c1[N+](=O)[O-]. The molecule has 0 fully saturated rings. The molecule has 0 aliphatic heterocycles. The van der Waals surface area contributed by atoms with E-state index >= 15 is 0 Å². The van der Waals surface area contributed by atoms with Crippen LogP contribution in [0.4, 0.5) is 5.69 Å². The van der Waals surface area contributed by atoms with Gasteiger partial charge >= 0.3 is 11.9 Å². The lowest BCUT2D eigenvalue weighted by Crippen LogP contribution is -2.11. The maximum absolute atomic E-state index is 11.6. The molecule has 0 radical (unpaired) electrons. The van der Waals surface area contributed by atoms with Gasteiger partial charge in [-0.1, -0.05) is 37.4 Å². The molecule has 0 spiro atoms. The number of hydrogen-bond acceptors (Lipinski definition) is 6. The average Bonchev–Trinajstić information content (AvgIpc) is 2.54. The molecule has 0 heterocycles. The molecule has 132 valence electrons. The van der Waals surface area contributed by atoms with E-state index in [4.69, 9.17) is 21.1 Å². The fourth-order valence-electron chi connectivity index (χ4n) is 1.93. The zero-order valence-electron chi connectivity index (χ0n) is 13.5. The van der Waals surface area contributed by atoms with Gasteiger partial charge in [0.15, 0.2) is 0 Å². The number of rotatable bonds is 10. The summed E-state index contributed by atoms with van der Waals surface area (Å²) in [5.74, 6) is -1.09. The predicted molar refractivity (Wildman–Crippen MR) is 87.6 cm³/mol. The van der Waals surface area contributed by atoms with Gasteiger partial charge in [-0.3, -0.25) is 19.7 Å². The molecule has 0 atom stereocenters. The molecule has 8 heteroatoms. The van der Waals surface area contributed by atoms with Crippen LogP contribution < -0.4 is 0 Å². The van der Waals surface area contributed by atoms with Gasteiger partial charge in [0, 0.05) is 0 Å². The zero-order valence-corrected chi connectivity index (χ0v) is 14.2. The van der Waals surface area contributed by atoms with Crippen LogP contribution in [0, 0.1) is 10.1 Å². The topological polar surface area (TPSA) is 95.7 Å². The number of hydrogen-bond donors (Lipinski definition) is 0. The minimum atomic E-state index is -0.630. The van der Waals surface area contributed by atoms with E-state index in [0.29, 0.717) is 6.61 Å². The van der Waals surface area contributed by atoms with Gasteiger partial charge in [0.2, 0.25) is 0 Å². The van der Waals surface area contributed by atoms with Gasteiger partial charge in [0.1, 0.15) is 11.6 Å². The summed E-state index contributed by atoms with van der Waals surface area (Å²) in [6.07, 6.45) is 2.59. The van der Waals surface area contributed by atoms with E-state index in [-0.39, 0.29) is 35.7 Å². The van der Waals surface area contributed by atoms with Crippen molar-refractivity contribution in [1.82, 2.24) is 0 Å². The fourth-order valence-corrected chi connectivity index (χ4v) is 2.19. The van der Waals surface area contributed by atoms with Crippen molar-refractivity contribution in [1.29, 1.82) is 0 Å². The van der Waals surface area contributed by atoms with E-state index in [2.05, 4.69) is 0 Å². The lowest BCUT2D eigenvalue weighted by Gasteiger charge is -2.07. The standard InChI is InChI=1S/C16H20ClNO6/c1-2-3-4-10-23-14(19)8-9-15(20)24-11-12-6-5-7-13(17)16(12)18(21)22/h5-7H,2-4,8-11H2,1H3. The maximum Gasteiger partial charge on any atom is 0.306 e. The monoisotopic (exact) mass is 357 g/mol. The lowest BCUT2D eigenvalue weighted by molar-refractivity contribution is -0.385. The van der Waals surface area contributed by atoms with Gasteiger partial charge in [0.05, 0.1) is 29.9 Å². The number of nitrogens with zero attached hydrogens (tertiary/aromatic N) is 1. The third kappa shape index (κ3) is 6.95. The summed E-state index contributed by atoms with van der Waals surface area (Å²) in [6.45, 7) is 2.11. The van der Waals surface area contributed by atoms with Crippen LogP contribution in [-0.4, -0.2) is 23.5 Å². The Morgan fingerprint density at radius 2 is 1.83 bits per heavy atom. The molecule has 0 N–H and O–H groups in total. The summed E-state index contributed by atoms with van der Waals surface area (Å²) in [6, 6.07) is 4.38. The van der Waals surface area contributed by atoms with Crippen LogP contribution in [0.1, 0.15) is 44.6 Å². The molecule has 0 saturated carbocycles. The second-order valence-corrected chi connectivity index (χ2v) is 5.50. The molecule has 7 nitrogen and oxygen atoms in total. The zero-order chi connectivity index (χ0) is 17.9. The number of nitro benzene ring substituents is 1. The summed E-state index contributed by atoms with van der Waals surface area (Å²) in [5, 5.41) is 10.9. The summed E-state index contributed by atoms with van der Waals surface area (Å²) in [5.41, 5.74) is -0.0923. The highest BCUT2D eigenvalue weighted by atomic mass is 35.5. The van der Waals surface area contributed by atoms with Crippen LogP contribution >= 0.6 is 11.6 Å². The number of carbonyl (C=O) groups is 2. The number of benzene rings is 1. The van der Waals surface area contributed by atoms with Gasteiger partial charge in [-0.05, 0) is 18.6 Å². The van der Waals surface area contributed by atoms with E-state index in [1.54, 1.807) is 0 Å². The van der Waals surface area contributed by atoms with Crippen LogP contribution in [-0.2, 0) is 25.7 Å². The van der Waals surface area contributed by atoms with Crippen molar-refractivity contribution in [3.05, 3.63) is 38.9 Å². The van der Waals surface area contributed by atoms with Crippen molar-refractivity contribution in [3.8, 4) is 0 Å². The third-order valence-corrected chi connectivity index (χ3v) is 3.49. The van der Waals surface area contributed by atoms with Gasteiger partial charge < -0.3 is 9.47 Å². The lowest BCUT2D eigenvalue weighted by atomic mass is 10.2. The Labute approximate surface area is 145 Å². The Bertz CT molecular complexity index is 590. The number of carbonyl (C=O) groups excluding carboxylic acids is 2. The highest BCUT2D eigenvalue weighted by Crippen LogP contribution is 2.28. The molecule has 0 bridgehead atoms. The molecule has 1 aromatic carbocycles. The van der Waals surface area contributed by atoms with Crippen molar-refractivity contribution in [2.75, 3.05) is 6.61 Å². The summed E-state index contributed by atoms with van der Waals surface area (Å²) < 4.78 is 9.93. The number of unbranched alkanes of at least 4 members (excludes halogenated alkanes) is 2. The maximum atomic E-state index is 11.6. The fraction of sp³-hybridized carbons (Fsp3) is 0.500. The highest BCUT2D eigenvalue weighted by molar-refractivity contribution is 6.32. The second-order valence-electron chi connectivity index (χ2n) is 5.09. The van der Waals surface area contributed by atoms with Crippen LogP contribution in [0.3, 0.4) is 0 Å². The first-order valence-corrected chi connectivity index (χ1v) is 8.06. The first-order valence-electron chi connectivity index (χ1n) is 7.68. The molecule has 0 aliphatic rings. The van der Waals surface area contributed by atoms with Crippen molar-refractivity contribution >= 4 is 29.2 Å². The van der Waals surface area contributed by atoms with Crippen LogP contribution in [0.15, 0.2) is 18.2 Å². The Morgan fingerprint density at radius 1 is 1.17 bits per heavy atom. The molecule has 0 amide bonds. The molecule has 0 saturated heterocycles. The van der Waals surface area contributed by atoms with Crippen LogP contribution in [0.25, 0.3) is 0 Å². The minimum Gasteiger partial charge on any atom is -0.466 e. The molecule has 0 unspecified atom stereocenters.